The topological polar surface area (TPSA) is 110 Å². The van der Waals surface area contributed by atoms with E-state index < -0.39 is 11.8 Å². The van der Waals surface area contributed by atoms with Crippen molar-refractivity contribution in [3.05, 3.63) is 53.5 Å². The molecule has 3 amide bonds. The number of hydrogen-bond acceptors (Lipinski definition) is 5. The van der Waals surface area contributed by atoms with Gasteiger partial charge in [-0.15, -0.1) is 0 Å². The Morgan fingerprint density at radius 1 is 1.11 bits per heavy atom. The first-order chi connectivity index (χ1) is 12.9. The van der Waals surface area contributed by atoms with Gasteiger partial charge in [0.05, 0.1) is 32.5 Å². The minimum absolute atomic E-state index is 0.112. The molecule has 0 bridgehead atoms. The summed E-state index contributed by atoms with van der Waals surface area (Å²) in [4.78, 5) is 35.5. The van der Waals surface area contributed by atoms with Gasteiger partial charge >= 0.3 is 0 Å². The monoisotopic (exact) mass is 373 g/mol. The average molecular weight is 373 g/mol. The lowest BCUT2D eigenvalue weighted by Gasteiger charge is -2.18. The molecule has 0 aliphatic rings. The first kappa shape index (κ1) is 20.0. The highest BCUT2D eigenvalue weighted by Gasteiger charge is 2.15. The van der Waals surface area contributed by atoms with E-state index in [1.807, 2.05) is 32.0 Å². The van der Waals surface area contributed by atoms with E-state index in [2.05, 4.69) is 16.0 Å². The highest BCUT2D eigenvalue weighted by molar-refractivity contribution is 5.94. The normalized spacial score (nSPS) is 11.4. The molecule has 0 aliphatic heterocycles. The summed E-state index contributed by atoms with van der Waals surface area (Å²) in [7, 11) is 1.57. The zero-order valence-electron chi connectivity index (χ0n) is 15.5. The van der Waals surface area contributed by atoms with E-state index >= 15 is 0 Å². The fraction of sp³-hybridized carbons (Fsp3) is 0.316. The highest BCUT2D eigenvalue weighted by atomic mass is 16.5. The van der Waals surface area contributed by atoms with Crippen molar-refractivity contribution < 1.29 is 23.5 Å². The number of rotatable bonds is 8. The van der Waals surface area contributed by atoms with Crippen LogP contribution in [-0.2, 0) is 9.59 Å². The van der Waals surface area contributed by atoms with Gasteiger partial charge in [-0.1, -0.05) is 17.7 Å². The van der Waals surface area contributed by atoms with Gasteiger partial charge < -0.3 is 25.1 Å². The van der Waals surface area contributed by atoms with Gasteiger partial charge in [0, 0.05) is 5.56 Å². The predicted molar refractivity (Wildman–Crippen MR) is 98.3 cm³/mol. The van der Waals surface area contributed by atoms with Crippen LogP contribution in [0.3, 0.4) is 0 Å². The van der Waals surface area contributed by atoms with Crippen LogP contribution in [0, 0.1) is 6.92 Å². The summed E-state index contributed by atoms with van der Waals surface area (Å²) in [5.74, 6) is -0.540. The van der Waals surface area contributed by atoms with E-state index in [0.717, 1.165) is 11.1 Å². The summed E-state index contributed by atoms with van der Waals surface area (Å²) in [6.45, 7) is 3.33. The maximum atomic E-state index is 12.1. The Morgan fingerprint density at radius 2 is 1.85 bits per heavy atom. The standard InChI is InChI=1S/C19H23N3O5/c1-12-6-7-15(26-3)14(9-12)13(2)22-18(24)11-20-17(23)10-21-19(25)16-5-4-8-27-16/h4-9,13H,10-11H2,1-3H3,(H,20,23)(H,21,25)(H,22,24)/t13-/m1/s1. The Kier molecular flexibility index (Phi) is 6.99. The number of aryl methyl sites for hydroxylation is 1. The summed E-state index contributed by atoms with van der Waals surface area (Å²) in [5.41, 5.74) is 1.90. The minimum Gasteiger partial charge on any atom is -0.496 e. The summed E-state index contributed by atoms with van der Waals surface area (Å²) in [5, 5.41) is 7.66. The third kappa shape index (κ3) is 5.88. The lowest BCUT2D eigenvalue weighted by atomic mass is 10.0. The minimum atomic E-state index is -0.500. The molecule has 1 heterocycles. The SMILES string of the molecule is COc1ccc(C)cc1[C@@H](C)NC(=O)CNC(=O)CNC(=O)c1ccco1. The Morgan fingerprint density at radius 3 is 2.52 bits per heavy atom. The van der Waals surface area contributed by atoms with Crippen LogP contribution in [0.15, 0.2) is 41.0 Å². The number of furan rings is 1. The maximum Gasteiger partial charge on any atom is 0.287 e. The van der Waals surface area contributed by atoms with Crippen molar-refractivity contribution in [2.45, 2.75) is 19.9 Å². The van der Waals surface area contributed by atoms with Crippen LogP contribution in [-0.4, -0.2) is 37.9 Å². The van der Waals surface area contributed by atoms with Crippen molar-refractivity contribution >= 4 is 17.7 Å². The van der Waals surface area contributed by atoms with E-state index in [4.69, 9.17) is 9.15 Å². The number of nitrogens with one attached hydrogen (secondary N) is 3. The van der Waals surface area contributed by atoms with Gasteiger partial charge in [-0.3, -0.25) is 14.4 Å². The predicted octanol–water partition coefficient (Wildman–Crippen LogP) is 1.32. The third-order valence-electron chi connectivity index (χ3n) is 3.83. The third-order valence-corrected chi connectivity index (χ3v) is 3.83. The lowest BCUT2D eigenvalue weighted by molar-refractivity contribution is -0.125. The van der Waals surface area contributed by atoms with Gasteiger partial charge in [-0.2, -0.15) is 0 Å². The molecule has 0 saturated carbocycles. The van der Waals surface area contributed by atoms with Crippen molar-refractivity contribution in [2.75, 3.05) is 20.2 Å². The van der Waals surface area contributed by atoms with Crippen LogP contribution in [0.25, 0.3) is 0 Å². The van der Waals surface area contributed by atoms with Gasteiger partial charge in [0.25, 0.3) is 5.91 Å². The van der Waals surface area contributed by atoms with Gasteiger partial charge in [-0.05, 0) is 32.0 Å². The molecule has 2 rings (SSSR count). The molecule has 144 valence electrons. The van der Waals surface area contributed by atoms with E-state index in [-0.39, 0.29) is 30.8 Å². The molecule has 0 radical (unpaired) electrons. The molecule has 1 aromatic carbocycles. The fourth-order valence-electron chi connectivity index (χ4n) is 2.46. The Hall–Kier alpha value is -3.29. The molecular formula is C19H23N3O5. The summed E-state index contributed by atoms with van der Waals surface area (Å²) in [6.07, 6.45) is 1.36. The van der Waals surface area contributed by atoms with Crippen LogP contribution in [0.5, 0.6) is 5.75 Å². The molecular weight excluding hydrogens is 350 g/mol. The van der Waals surface area contributed by atoms with E-state index in [1.165, 1.54) is 12.3 Å². The quantitative estimate of drug-likeness (QED) is 0.646. The maximum absolute atomic E-state index is 12.1. The van der Waals surface area contributed by atoms with Crippen molar-refractivity contribution in [1.82, 2.24) is 16.0 Å². The van der Waals surface area contributed by atoms with Crippen LogP contribution in [0.1, 0.15) is 34.6 Å². The second kappa shape index (κ2) is 9.42. The van der Waals surface area contributed by atoms with Crippen molar-refractivity contribution in [3.63, 3.8) is 0 Å². The zero-order valence-corrected chi connectivity index (χ0v) is 15.5. The smallest absolute Gasteiger partial charge is 0.287 e. The first-order valence-corrected chi connectivity index (χ1v) is 8.43. The fourth-order valence-corrected chi connectivity index (χ4v) is 2.46. The molecule has 1 aromatic heterocycles. The number of benzene rings is 1. The van der Waals surface area contributed by atoms with Crippen LogP contribution in [0.4, 0.5) is 0 Å². The lowest BCUT2D eigenvalue weighted by Crippen LogP contribution is -2.42. The second-order valence-corrected chi connectivity index (χ2v) is 5.97. The van der Waals surface area contributed by atoms with Gasteiger partial charge in [0.1, 0.15) is 5.75 Å². The van der Waals surface area contributed by atoms with Crippen molar-refractivity contribution in [3.8, 4) is 5.75 Å². The van der Waals surface area contributed by atoms with E-state index in [9.17, 15) is 14.4 Å². The molecule has 0 unspecified atom stereocenters. The average Bonchev–Trinajstić information content (AvgIpc) is 3.19. The molecule has 0 spiro atoms. The number of carbonyl (C=O) groups is 3. The Balaban J connectivity index is 1.77. The molecule has 0 saturated heterocycles. The molecule has 2 aromatic rings. The zero-order chi connectivity index (χ0) is 19.8. The van der Waals surface area contributed by atoms with Crippen LogP contribution in [0.2, 0.25) is 0 Å². The molecule has 3 N–H and O–H groups in total. The molecule has 27 heavy (non-hydrogen) atoms. The Labute approximate surface area is 157 Å². The van der Waals surface area contributed by atoms with Crippen LogP contribution >= 0.6 is 0 Å². The second-order valence-electron chi connectivity index (χ2n) is 5.97. The molecule has 0 fully saturated rings. The van der Waals surface area contributed by atoms with E-state index in [1.54, 1.807) is 13.2 Å². The van der Waals surface area contributed by atoms with Crippen molar-refractivity contribution in [1.29, 1.82) is 0 Å². The molecule has 1 atom stereocenters. The summed E-state index contributed by atoms with van der Waals surface area (Å²) < 4.78 is 10.2. The van der Waals surface area contributed by atoms with E-state index in [0.29, 0.717) is 5.75 Å². The summed E-state index contributed by atoms with van der Waals surface area (Å²) >= 11 is 0. The number of hydrogen-bond donors (Lipinski definition) is 3. The molecule has 8 nitrogen and oxygen atoms in total. The Bertz CT molecular complexity index is 802. The number of methoxy groups -OCH3 is 1. The van der Waals surface area contributed by atoms with Crippen LogP contribution < -0.4 is 20.7 Å². The van der Waals surface area contributed by atoms with Crippen molar-refractivity contribution in [2.24, 2.45) is 0 Å². The molecule has 0 aliphatic carbocycles. The first-order valence-electron chi connectivity index (χ1n) is 8.43. The highest BCUT2D eigenvalue weighted by Crippen LogP contribution is 2.25. The largest absolute Gasteiger partial charge is 0.496 e. The number of amides is 3. The number of ether oxygens (including phenoxy) is 1. The van der Waals surface area contributed by atoms with Gasteiger partial charge in [-0.25, -0.2) is 0 Å². The number of carbonyl (C=O) groups excluding carboxylic acids is 3. The van der Waals surface area contributed by atoms with Gasteiger partial charge in [0.2, 0.25) is 11.8 Å². The van der Waals surface area contributed by atoms with Gasteiger partial charge in [0.15, 0.2) is 5.76 Å². The molecule has 8 heteroatoms. The summed E-state index contributed by atoms with van der Waals surface area (Å²) in [6, 6.07) is 8.48.